The molecule has 0 spiro atoms. The van der Waals surface area contributed by atoms with Crippen LogP contribution in [0.3, 0.4) is 0 Å². The summed E-state index contributed by atoms with van der Waals surface area (Å²) in [5.74, 6) is 0.793. The van der Waals surface area contributed by atoms with E-state index in [0.717, 1.165) is 30.9 Å². The average Bonchev–Trinajstić information content (AvgIpc) is 3.16. The van der Waals surface area contributed by atoms with Crippen molar-refractivity contribution >= 4 is 42.1 Å². The number of amides is 1. The smallest absolute Gasteiger partial charge is 0.228 e. The molecule has 4 nitrogen and oxygen atoms in total. The first kappa shape index (κ1) is 20.0. The molecule has 0 radical (unpaired) electrons. The van der Waals surface area contributed by atoms with Gasteiger partial charge in [0.25, 0.3) is 0 Å². The van der Waals surface area contributed by atoms with Crippen LogP contribution in [0.1, 0.15) is 54.1 Å². The quantitative estimate of drug-likeness (QED) is 0.830. The molecule has 24 heavy (non-hydrogen) atoms. The van der Waals surface area contributed by atoms with E-state index < -0.39 is 0 Å². The summed E-state index contributed by atoms with van der Waals surface area (Å²) in [6.45, 7) is 2.49. The van der Waals surface area contributed by atoms with Gasteiger partial charge in [0.15, 0.2) is 0 Å². The van der Waals surface area contributed by atoms with Crippen molar-refractivity contribution in [3.8, 4) is 0 Å². The van der Waals surface area contributed by atoms with E-state index >= 15 is 0 Å². The van der Waals surface area contributed by atoms with Crippen molar-refractivity contribution in [2.24, 2.45) is 11.3 Å². The lowest BCUT2D eigenvalue weighted by Crippen LogP contribution is -2.47. The minimum absolute atomic E-state index is 0. The standard InChI is InChI=1S/C17H25N3OS.2ClH/c21-16(17-8-4-3-5-12(17)9-18-11-17)19-10-15-20-13-6-1-2-7-14(13)22-15;;/h12,18H,1-11H2,(H,19,21);2*1H/t12-,17+;;/m0../s1. The van der Waals surface area contributed by atoms with Gasteiger partial charge in [-0.05, 0) is 51.0 Å². The molecule has 2 N–H and O–H groups in total. The second kappa shape index (κ2) is 8.35. The Morgan fingerprint density at radius 3 is 2.92 bits per heavy atom. The summed E-state index contributed by atoms with van der Waals surface area (Å²) < 4.78 is 0. The van der Waals surface area contributed by atoms with Gasteiger partial charge in [0.1, 0.15) is 5.01 Å². The Hall–Kier alpha value is -0.360. The highest BCUT2D eigenvalue weighted by Gasteiger charge is 2.49. The predicted molar refractivity (Wildman–Crippen MR) is 102 cm³/mol. The second-order valence-electron chi connectivity index (χ2n) is 7.10. The van der Waals surface area contributed by atoms with Crippen LogP contribution in [0, 0.1) is 11.3 Å². The van der Waals surface area contributed by atoms with Crippen LogP contribution in [0.25, 0.3) is 0 Å². The Kier molecular flexibility index (Phi) is 6.94. The van der Waals surface area contributed by atoms with Gasteiger partial charge in [0, 0.05) is 11.4 Å². The van der Waals surface area contributed by atoms with E-state index in [9.17, 15) is 4.79 Å². The summed E-state index contributed by atoms with van der Waals surface area (Å²) in [5, 5.41) is 7.75. The zero-order chi connectivity index (χ0) is 15.0. The lowest BCUT2D eigenvalue weighted by Gasteiger charge is -2.37. The van der Waals surface area contributed by atoms with Gasteiger partial charge in [-0.15, -0.1) is 36.2 Å². The van der Waals surface area contributed by atoms with Gasteiger partial charge in [0.2, 0.25) is 5.91 Å². The normalized spacial score (nSPS) is 28.1. The molecular formula is C17H27Cl2N3OS. The highest BCUT2D eigenvalue weighted by Crippen LogP contribution is 2.44. The molecule has 1 amide bonds. The van der Waals surface area contributed by atoms with Gasteiger partial charge in [0.05, 0.1) is 17.7 Å². The summed E-state index contributed by atoms with van der Waals surface area (Å²) >= 11 is 1.81. The number of aromatic nitrogens is 1. The Balaban J connectivity index is 0.00000104. The number of halogens is 2. The molecule has 7 heteroatoms. The molecule has 2 heterocycles. The van der Waals surface area contributed by atoms with Crippen LogP contribution in [0.4, 0.5) is 0 Å². The van der Waals surface area contributed by atoms with Gasteiger partial charge in [-0.3, -0.25) is 4.79 Å². The zero-order valence-electron chi connectivity index (χ0n) is 13.9. The molecule has 1 saturated carbocycles. The Morgan fingerprint density at radius 2 is 2.08 bits per heavy atom. The van der Waals surface area contributed by atoms with E-state index in [1.165, 1.54) is 49.1 Å². The molecule has 2 aliphatic carbocycles. The summed E-state index contributed by atoms with van der Waals surface area (Å²) in [5.41, 5.74) is 1.14. The highest BCUT2D eigenvalue weighted by molar-refractivity contribution is 7.11. The fourth-order valence-corrected chi connectivity index (χ4v) is 5.60. The monoisotopic (exact) mass is 391 g/mol. The van der Waals surface area contributed by atoms with Crippen molar-refractivity contribution in [1.29, 1.82) is 0 Å². The largest absolute Gasteiger partial charge is 0.349 e. The SMILES string of the molecule is Cl.Cl.O=C(NCc1nc2c(s1)CCCC2)[C@@]12CCCC[C@H]1CNC2. The Bertz CT molecular complexity index is 557. The number of carbonyl (C=O) groups excluding carboxylic acids is 1. The molecular weight excluding hydrogens is 365 g/mol. The molecule has 136 valence electrons. The van der Waals surface area contributed by atoms with Crippen molar-refractivity contribution < 1.29 is 4.79 Å². The third-order valence-corrected chi connectivity index (χ3v) is 6.94. The van der Waals surface area contributed by atoms with Gasteiger partial charge in [-0.1, -0.05) is 12.8 Å². The summed E-state index contributed by atoms with van der Waals surface area (Å²) in [4.78, 5) is 19.0. The van der Waals surface area contributed by atoms with Gasteiger partial charge >= 0.3 is 0 Å². The van der Waals surface area contributed by atoms with E-state index in [1.54, 1.807) is 11.3 Å². The molecule has 0 bridgehead atoms. The summed E-state index contributed by atoms with van der Waals surface area (Å²) in [6.07, 6.45) is 9.57. The first-order valence-electron chi connectivity index (χ1n) is 8.74. The predicted octanol–water partition coefficient (Wildman–Crippen LogP) is 3.26. The minimum Gasteiger partial charge on any atom is -0.349 e. The fourth-order valence-electron chi connectivity index (χ4n) is 4.50. The third-order valence-electron chi connectivity index (χ3n) is 5.78. The topological polar surface area (TPSA) is 54.0 Å². The molecule has 2 atom stereocenters. The van der Waals surface area contributed by atoms with Gasteiger partial charge in [-0.2, -0.15) is 0 Å². The van der Waals surface area contributed by atoms with Gasteiger partial charge in [-0.25, -0.2) is 4.98 Å². The van der Waals surface area contributed by atoms with E-state index in [-0.39, 0.29) is 36.1 Å². The Morgan fingerprint density at radius 1 is 1.25 bits per heavy atom. The molecule has 0 unspecified atom stereocenters. The van der Waals surface area contributed by atoms with E-state index in [2.05, 4.69) is 10.6 Å². The first-order valence-corrected chi connectivity index (χ1v) is 9.56. The molecule has 1 saturated heterocycles. The van der Waals surface area contributed by atoms with Crippen molar-refractivity contribution in [1.82, 2.24) is 15.6 Å². The number of fused-ring (bicyclic) bond motifs is 2. The van der Waals surface area contributed by atoms with E-state index in [0.29, 0.717) is 12.5 Å². The highest BCUT2D eigenvalue weighted by atomic mass is 35.5. The van der Waals surface area contributed by atoms with E-state index in [1.807, 2.05) is 0 Å². The maximum atomic E-state index is 12.8. The number of hydrogen-bond donors (Lipinski definition) is 2. The number of carbonyl (C=O) groups is 1. The van der Waals surface area contributed by atoms with Crippen LogP contribution < -0.4 is 10.6 Å². The minimum atomic E-state index is -0.144. The number of nitrogens with one attached hydrogen (secondary N) is 2. The van der Waals surface area contributed by atoms with Crippen molar-refractivity contribution in [3.05, 3.63) is 15.6 Å². The average molecular weight is 392 g/mol. The third kappa shape index (κ3) is 3.59. The molecule has 4 rings (SSSR count). The number of thiazole rings is 1. The Labute approximate surface area is 160 Å². The van der Waals surface area contributed by atoms with Crippen molar-refractivity contribution in [2.75, 3.05) is 13.1 Å². The molecule has 3 aliphatic rings. The van der Waals surface area contributed by atoms with Crippen LogP contribution in [0.15, 0.2) is 0 Å². The van der Waals surface area contributed by atoms with Crippen LogP contribution >= 0.6 is 36.2 Å². The maximum Gasteiger partial charge on any atom is 0.228 e. The first-order chi connectivity index (χ1) is 10.8. The lowest BCUT2D eigenvalue weighted by molar-refractivity contribution is -0.134. The summed E-state index contributed by atoms with van der Waals surface area (Å²) in [6, 6.07) is 0. The lowest BCUT2D eigenvalue weighted by atomic mass is 9.67. The zero-order valence-corrected chi connectivity index (χ0v) is 16.4. The molecule has 1 aromatic rings. The maximum absolute atomic E-state index is 12.8. The fraction of sp³-hybridized carbons (Fsp3) is 0.765. The molecule has 1 aromatic heterocycles. The van der Waals surface area contributed by atoms with Crippen LogP contribution in [0.5, 0.6) is 0 Å². The number of nitrogens with zero attached hydrogens (tertiary/aromatic N) is 1. The number of aryl methyl sites for hydroxylation is 2. The van der Waals surface area contributed by atoms with Crippen molar-refractivity contribution in [3.63, 3.8) is 0 Å². The van der Waals surface area contributed by atoms with Crippen LogP contribution in [0.2, 0.25) is 0 Å². The van der Waals surface area contributed by atoms with Gasteiger partial charge < -0.3 is 10.6 Å². The second-order valence-corrected chi connectivity index (χ2v) is 8.27. The molecule has 0 aromatic carbocycles. The number of rotatable bonds is 3. The van der Waals surface area contributed by atoms with Crippen LogP contribution in [-0.2, 0) is 24.2 Å². The molecule has 2 fully saturated rings. The molecule has 1 aliphatic heterocycles. The summed E-state index contributed by atoms with van der Waals surface area (Å²) in [7, 11) is 0. The van der Waals surface area contributed by atoms with Crippen molar-refractivity contribution in [2.45, 2.75) is 57.9 Å². The van der Waals surface area contributed by atoms with Crippen LogP contribution in [-0.4, -0.2) is 24.0 Å². The number of hydrogen-bond acceptors (Lipinski definition) is 4. The van der Waals surface area contributed by atoms with E-state index in [4.69, 9.17) is 4.98 Å².